The second kappa shape index (κ2) is 6.52. The van der Waals surface area contributed by atoms with E-state index < -0.39 is 11.9 Å². The molecular formula is C12H15NO4. The summed E-state index contributed by atoms with van der Waals surface area (Å²) in [5.41, 5.74) is 0.255. The Bertz CT molecular complexity index is 393. The fourth-order valence-corrected chi connectivity index (χ4v) is 1.25. The van der Waals surface area contributed by atoms with Gasteiger partial charge >= 0.3 is 11.9 Å². The highest BCUT2D eigenvalue weighted by Gasteiger charge is 2.21. The van der Waals surface area contributed by atoms with Gasteiger partial charge in [-0.2, -0.15) is 0 Å². The average molecular weight is 237 g/mol. The molecule has 0 aromatic heterocycles. The van der Waals surface area contributed by atoms with Gasteiger partial charge < -0.3 is 14.8 Å². The molecule has 0 spiro atoms. The summed E-state index contributed by atoms with van der Waals surface area (Å²) in [7, 11) is 0. The van der Waals surface area contributed by atoms with Gasteiger partial charge in [-0.25, -0.2) is 9.59 Å². The topological polar surface area (TPSA) is 64.6 Å². The maximum Gasteiger partial charge on any atom is 0.355 e. The molecule has 0 radical (unpaired) electrons. The van der Waals surface area contributed by atoms with Crippen LogP contribution in [0.2, 0.25) is 0 Å². The maximum absolute atomic E-state index is 11.7. The SMILES string of the molecule is CCOC(=O)C1=C(C(=O)OCC)NC=CC=C1. The van der Waals surface area contributed by atoms with E-state index in [0.717, 1.165) is 0 Å². The van der Waals surface area contributed by atoms with E-state index in [9.17, 15) is 9.59 Å². The van der Waals surface area contributed by atoms with Crippen LogP contribution in [-0.2, 0) is 19.1 Å². The van der Waals surface area contributed by atoms with Gasteiger partial charge in [0.25, 0.3) is 0 Å². The molecule has 1 rings (SSSR count). The molecule has 0 fully saturated rings. The Hall–Kier alpha value is -2.04. The van der Waals surface area contributed by atoms with E-state index in [1.807, 2.05) is 0 Å². The molecule has 0 atom stereocenters. The lowest BCUT2D eigenvalue weighted by atomic mass is 10.2. The van der Waals surface area contributed by atoms with Crippen molar-refractivity contribution in [2.24, 2.45) is 0 Å². The molecule has 92 valence electrons. The van der Waals surface area contributed by atoms with Gasteiger partial charge in [0.05, 0.1) is 18.8 Å². The zero-order valence-electron chi connectivity index (χ0n) is 9.86. The molecule has 0 unspecified atom stereocenters. The first-order valence-corrected chi connectivity index (χ1v) is 5.39. The number of esters is 2. The Morgan fingerprint density at radius 3 is 2.41 bits per heavy atom. The third-order valence-electron chi connectivity index (χ3n) is 1.94. The van der Waals surface area contributed by atoms with Crippen molar-refractivity contribution in [1.29, 1.82) is 0 Å². The zero-order valence-corrected chi connectivity index (χ0v) is 9.86. The van der Waals surface area contributed by atoms with Crippen LogP contribution in [0.1, 0.15) is 13.8 Å². The maximum atomic E-state index is 11.7. The van der Waals surface area contributed by atoms with E-state index in [0.29, 0.717) is 0 Å². The van der Waals surface area contributed by atoms with Gasteiger partial charge in [-0.1, -0.05) is 6.08 Å². The van der Waals surface area contributed by atoms with E-state index in [4.69, 9.17) is 9.47 Å². The van der Waals surface area contributed by atoms with Crippen LogP contribution in [0.3, 0.4) is 0 Å². The summed E-state index contributed by atoms with van der Waals surface area (Å²) >= 11 is 0. The van der Waals surface area contributed by atoms with Gasteiger partial charge in [0.15, 0.2) is 0 Å². The molecule has 0 amide bonds. The number of carbonyl (C=O) groups is 2. The van der Waals surface area contributed by atoms with Crippen LogP contribution in [-0.4, -0.2) is 25.2 Å². The van der Waals surface area contributed by atoms with Crippen molar-refractivity contribution in [3.63, 3.8) is 0 Å². The van der Waals surface area contributed by atoms with Crippen LogP contribution in [0.25, 0.3) is 0 Å². The number of ether oxygens (including phenoxy) is 2. The summed E-state index contributed by atoms with van der Waals surface area (Å²) < 4.78 is 9.73. The summed E-state index contributed by atoms with van der Waals surface area (Å²) in [5, 5.41) is 2.72. The lowest BCUT2D eigenvalue weighted by Crippen LogP contribution is -2.23. The molecule has 17 heavy (non-hydrogen) atoms. The number of rotatable bonds is 4. The molecule has 0 bridgehead atoms. The molecule has 0 saturated heterocycles. The fourth-order valence-electron chi connectivity index (χ4n) is 1.25. The summed E-state index contributed by atoms with van der Waals surface area (Å²) in [6.45, 7) is 3.90. The summed E-state index contributed by atoms with van der Waals surface area (Å²) in [6, 6.07) is 0. The van der Waals surface area contributed by atoms with Gasteiger partial charge in [-0.05, 0) is 26.0 Å². The molecule has 5 nitrogen and oxygen atoms in total. The largest absolute Gasteiger partial charge is 0.462 e. The molecule has 5 heteroatoms. The minimum absolute atomic E-state index is 0.0929. The van der Waals surface area contributed by atoms with Crippen LogP contribution in [0.4, 0.5) is 0 Å². The monoisotopic (exact) mass is 237 g/mol. The number of allylic oxidation sites excluding steroid dienone is 2. The van der Waals surface area contributed by atoms with Crippen molar-refractivity contribution in [3.8, 4) is 0 Å². The standard InChI is InChI=1S/C12H15NO4/c1-3-16-11(14)9-7-5-6-8-13-10(9)12(15)17-4-2/h5-8,13H,3-4H2,1-2H3. The fraction of sp³-hybridized carbons (Fsp3) is 0.333. The van der Waals surface area contributed by atoms with Gasteiger partial charge in [-0.15, -0.1) is 0 Å². The molecule has 1 heterocycles. The second-order valence-electron chi connectivity index (χ2n) is 3.09. The van der Waals surface area contributed by atoms with Crippen LogP contribution in [0, 0.1) is 0 Å². The minimum atomic E-state index is -0.577. The van der Waals surface area contributed by atoms with Crippen LogP contribution in [0.5, 0.6) is 0 Å². The first-order valence-electron chi connectivity index (χ1n) is 5.39. The minimum Gasteiger partial charge on any atom is -0.462 e. The first kappa shape index (κ1) is 13.0. The van der Waals surface area contributed by atoms with Crippen LogP contribution < -0.4 is 5.32 Å². The Kier molecular flexibility index (Phi) is 5.00. The quantitative estimate of drug-likeness (QED) is 0.740. The van der Waals surface area contributed by atoms with E-state index in [1.165, 1.54) is 6.08 Å². The Morgan fingerprint density at radius 2 is 1.76 bits per heavy atom. The van der Waals surface area contributed by atoms with Gasteiger partial charge in [0.2, 0.25) is 0 Å². The Morgan fingerprint density at radius 1 is 1.12 bits per heavy atom. The molecule has 1 N–H and O–H groups in total. The number of hydrogen-bond acceptors (Lipinski definition) is 5. The van der Waals surface area contributed by atoms with Gasteiger partial charge in [-0.3, -0.25) is 0 Å². The van der Waals surface area contributed by atoms with Crippen molar-refractivity contribution in [2.75, 3.05) is 13.2 Å². The molecule has 0 aromatic carbocycles. The third-order valence-corrected chi connectivity index (χ3v) is 1.94. The lowest BCUT2D eigenvalue weighted by Gasteiger charge is -2.09. The third kappa shape index (κ3) is 3.48. The Labute approximate surface area is 99.8 Å². The number of carbonyl (C=O) groups excluding carboxylic acids is 2. The van der Waals surface area contributed by atoms with E-state index in [2.05, 4.69) is 5.32 Å². The van der Waals surface area contributed by atoms with E-state index in [-0.39, 0.29) is 24.5 Å². The zero-order chi connectivity index (χ0) is 12.7. The van der Waals surface area contributed by atoms with Crippen molar-refractivity contribution >= 4 is 11.9 Å². The Balaban J connectivity index is 3.03. The molecule has 1 aliphatic heterocycles. The molecule has 0 saturated carbocycles. The summed E-state index contributed by atoms with van der Waals surface area (Å²) in [4.78, 5) is 23.3. The summed E-state index contributed by atoms with van der Waals surface area (Å²) in [5.74, 6) is -1.13. The molecular weight excluding hydrogens is 222 g/mol. The second-order valence-corrected chi connectivity index (χ2v) is 3.09. The van der Waals surface area contributed by atoms with Crippen molar-refractivity contribution in [1.82, 2.24) is 5.32 Å². The van der Waals surface area contributed by atoms with Crippen LogP contribution >= 0.6 is 0 Å². The van der Waals surface area contributed by atoms with E-state index in [1.54, 1.807) is 32.2 Å². The molecule has 0 aliphatic carbocycles. The van der Waals surface area contributed by atoms with Crippen molar-refractivity contribution in [3.05, 3.63) is 35.7 Å². The number of hydrogen-bond donors (Lipinski definition) is 1. The number of nitrogens with one attached hydrogen (secondary N) is 1. The van der Waals surface area contributed by atoms with Crippen molar-refractivity contribution in [2.45, 2.75) is 13.8 Å². The predicted molar refractivity (Wildman–Crippen MR) is 61.7 cm³/mol. The van der Waals surface area contributed by atoms with Gasteiger partial charge in [0, 0.05) is 6.20 Å². The predicted octanol–water partition coefficient (Wildman–Crippen LogP) is 1.04. The first-order chi connectivity index (χ1) is 8.20. The van der Waals surface area contributed by atoms with Crippen molar-refractivity contribution < 1.29 is 19.1 Å². The molecule has 0 aromatic rings. The molecule has 1 aliphatic rings. The highest BCUT2D eigenvalue weighted by Crippen LogP contribution is 2.11. The highest BCUT2D eigenvalue weighted by molar-refractivity contribution is 6.02. The summed E-state index contributed by atoms with van der Waals surface area (Å²) in [6.07, 6.45) is 6.38. The lowest BCUT2D eigenvalue weighted by molar-refractivity contribution is -0.141. The van der Waals surface area contributed by atoms with Gasteiger partial charge in [0.1, 0.15) is 5.70 Å². The van der Waals surface area contributed by atoms with Crippen LogP contribution in [0.15, 0.2) is 35.7 Å². The normalized spacial score (nSPS) is 14.0. The van der Waals surface area contributed by atoms with E-state index >= 15 is 0 Å². The smallest absolute Gasteiger partial charge is 0.355 e. The highest BCUT2D eigenvalue weighted by atomic mass is 16.5. The average Bonchev–Trinajstić information content (AvgIpc) is 2.54.